The van der Waals surface area contributed by atoms with Gasteiger partial charge in [0, 0.05) is 29.2 Å². The topological polar surface area (TPSA) is 92.3 Å². The van der Waals surface area contributed by atoms with Crippen LogP contribution in [0.15, 0.2) is 42.7 Å². The molecule has 0 unspecified atom stereocenters. The monoisotopic (exact) mass is 382 g/mol. The van der Waals surface area contributed by atoms with E-state index in [2.05, 4.69) is 9.97 Å². The summed E-state index contributed by atoms with van der Waals surface area (Å²) in [5.74, 6) is 1.07. The van der Waals surface area contributed by atoms with Crippen LogP contribution in [0.4, 0.5) is 9.93 Å². The van der Waals surface area contributed by atoms with E-state index in [9.17, 15) is 4.79 Å². The van der Waals surface area contributed by atoms with Crippen molar-refractivity contribution in [1.82, 2.24) is 14.5 Å². The number of pyridine rings is 1. The van der Waals surface area contributed by atoms with Gasteiger partial charge < -0.3 is 15.2 Å². The number of nitrogens with two attached hydrogens (primary N) is 1. The number of carbonyl (C=O) groups excluding carboxylic acids is 1. The molecule has 0 bridgehead atoms. The minimum Gasteiger partial charge on any atom is -0.443 e. The van der Waals surface area contributed by atoms with E-state index in [0.717, 1.165) is 21.1 Å². The Hall–Kier alpha value is -3.13. The van der Waals surface area contributed by atoms with Gasteiger partial charge in [-0.05, 0) is 45.0 Å². The van der Waals surface area contributed by atoms with Crippen LogP contribution in [0.5, 0.6) is 11.6 Å². The average molecular weight is 382 g/mol. The molecule has 0 amide bonds. The lowest BCUT2D eigenvalue weighted by molar-refractivity contribution is 0.0538. The Balaban J connectivity index is 1.59. The molecule has 3 heterocycles. The molecule has 4 aromatic rings. The number of anilines is 1. The second kappa shape index (κ2) is 6.24. The Morgan fingerprint density at radius 2 is 1.89 bits per heavy atom. The molecule has 0 fully saturated rings. The van der Waals surface area contributed by atoms with E-state index in [4.69, 9.17) is 15.2 Å². The predicted octanol–water partition coefficient (Wildman–Crippen LogP) is 4.80. The summed E-state index contributed by atoms with van der Waals surface area (Å²) in [6.07, 6.45) is 3.03. The Labute approximate surface area is 159 Å². The molecule has 7 nitrogen and oxygen atoms in total. The number of rotatable bonds is 2. The number of hydrogen-bond acceptors (Lipinski definition) is 7. The molecule has 0 radical (unpaired) electrons. The van der Waals surface area contributed by atoms with Crippen LogP contribution in [-0.2, 0) is 4.74 Å². The van der Waals surface area contributed by atoms with Crippen molar-refractivity contribution in [2.24, 2.45) is 0 Å². The summed E-state index contributed by atoms with van der Waals surface area (Å²) in [7, 11) is 0. The van der Waals surface area contributed by atoms with Gasteiger partial charge in [-0.15, -0.1) is 0 Å². The van der Waals surface area contributed by atoms with Crippen LogP contribution in [0.3, 0.4) is 0 Å². The molecule has 2 N–H and O–H groups in total. The van der Waals surface area contributed by atoms with Crippen molar-refractivity contribution in [2.75, 3.05) is 5.73 Å². The quantitative estimate of drug-likeness (QED) is 0.535. The number of carbonyl (C=O) groups is 1. The van der Waals surface area contributed by atoms with Crippen molar-refractivity contribution in [3.05, 3.63) is 42.7 Å². The maximum atomic E-state index is 12.2. The zero-order valence-corrected chi connectivity index (χ0v) is 15.9. The average Bonchev–Trinajstić information content (AvgIpc) is 3.14. The van der Waals surface area contributed by atoms with E-state index in [1.54, 1.807) is 18.5 Å². The van der Waals surface area contributed by atoms with Crippen LogP contribution < -0.4 is 10.5 Å². The number of thiazole rings is 1. The molecule has 27 heavy (non-hydrogen) atoms. The van der Waals surface area contributed by atoms with E-state index in [1.165, 1.54) is 15.9 Å². The third kappa shape index (κ3) is 3.70. The van der Waals surface area contributed by atoms with Crippen LogP contribution in [0.25, 0.3) is 21.1 Å². The van der Waals surface area contributed by atoms with Crippen LogP contribution in [0.2, 0.25) is 0 Å². The molecule has 4 rings (SSSR count). The largest absolute Gasteiger partial charge is 0.443 e. The molecule has 1 aromatic carbocycles. The number of ether oxygens (including phenoxy) is 2. The molecule has 0 saturated heterocycles. The maximum Gasteiger partial charge on any atom is 0.418 e. The van der Waals surface area contributed by atoms with Crippen LogP contribution in [-0.4, -0.2) is 26.2 Å². The summed E-state index contributed by atoms with van der Waals surface area (Å²) in [6, 6.07) is 9.13. The molecule has 0 atom stereocenters. The number of aromatic nitrogens is 3. The van der Waals surface area contributed by atoms with Gasteiger partial charge in [0.2, 0.25) is 5.88 Å². The highest BCUT2D eigenvalue weighted by atomic mass is 32.1. The van der Waals surface area contributed by atoms with Gasteiger partial charge >= 0.3 is 6.09 Å². The molecule has 0 aliphatic carbocycles. The first kappa shape index (κ1) is 17.3. The molecular formula is C19H18N4O3S. The number of fused-ring (bicyclic) bond motifs is 2. The van der Waals surface area contributed by atoms with E-state index < -0.39 is 11.7 Å². The van der Waals surface area contributed by atoms with Crippen LogP contribution in [0, 0.1) is 0 Å². The van der Waals surface area contributed by atoms with Gasteiger partial charge in [0.15, 0.2) is 5.13 Å². The Morgan fingerprint density at radius 1 is 1.11 bits per heavy atom. The van der Waals surface area contributed by atoms with Crippen molar-refractivity contribution in [3.63, 3.8) is 0 Å². The molecule has 138 valence electrons. The molecule has 0 spiro atoms. The van der Waals surface area contributed by atoms with Gasteiger partial charge in [0.05, 0.1) is 0 Å². The van der Waals surface area contributed by atoms with E-state index in [1.807, 2.05) is 45.0 Å². The first-order valence-electron chi connectivity index (χ1n) is 8.33. The van der Waals surface area contributed by atoms with Gasteiger partial charge in [0.1, 0.15) is 21.7 Å². The summed E-state index contributed by atoms with van der Waals surface area (Å²) in [6.45, 7) is 5.50. The fourth-order valence-electron chi connectivity index (χ4n) is 2.60. The van der Waals surface area contributed by atoms with Crippen molar-refractivity contribution >= 4 is 43.7 Å². The zero-order chi connectivity index (χ0) is 19.2. The zero-order valence-electron chi connectivity index (χ0n) is 15.1. The molecular weight excluding hydrogens is 364 g/mol. The Morgan fingerprint density at radius 3 is 2.67 bits per heavy atom. The smallest absolute Gasteiger partial charge is 0.418 e. The van der Waals surface area contributed by atoms with Crippen LogP contribution in [0.1, 0.15) is 20.8 Å². The highest BCUT2D eigenvalue weighted by Gasteiger charge is 2.18. The van der Waals surface area contributed by atoms with Gasteiger partial charge in [0.25, 0.3) is 0 Å². The molecule has 3 aromatic heterocycles. The highest BCUT2D eigenvalue weighted by Crippen LogP contribution is 2.29. The second-order valence-electron chi connectivity index (χ2n) is 7.06. The molecule has 0 aliphatic heterocycles. The number of benzene rings is 1. The van der Waals surface area contributed by atoms with Crippen LogP contribution >= 0.6 is 11.3 Å². The van der Waals surface area contributed by atoms with Crippen molar-refractivity contribution in [3.8, 4) is 11.6 Å². The first-order valence-corrected chi connectivity index (χ1v) is 9.14. The van der Waals surface area contributed by atoms with Crippen molar-refractivity contribution in [2.45, 2.75) is 26.4 Å². The number of nitrogen functional groups attached to an aromatic ring is 1. The summed E-state index contributed by atoms with van der Waals surface area (Å²) in [5, 5.41) is 2.24. The third-order valence-electron chi connectivity index (χ3n) is 3.69. The Kier molecular flexibility index (Phi) is 4.00. The number of hydrogen-bond donors (Lipinski definition) is 1. The summed E-state index contributed by atoms with van der Waals surface area (Å²) < 4.78 is 12.7. The lowest BCUT2D eigenvalue weighted by Crippen LogP contribution is -2.26. The lowest BCUT2D eigenvalue weighted by atomic mass is 10.2. The fraction of sp³-hybridized carbons (Fsp3) is 0.211. The minimum atomic E-state index is -0.549. The molecule has 0 saturated carbocycles. The third-order valence-corrected chi connectivity index (χ3v) is 4.48. The normalized spacial score (nSPS) is 11.8. The molecule has 8 heteroatoms. The summed E-state index contributed by atoms with van der Waals surface area (Å²) in [4.78, 5) is 21.5. The summed E-state index contributed by atoms with van der Waals surface area (Å²) in [5.41, 5.74) is 5.90. The molecule has 0 aliphatic rings. The van der Waals surface area contributed by atoms with Gasteiger partial charge in [-0.3, -0.25) is 4.57 Å². The van der Waals surface area contributed by atoms with E-state index >= 15 is 0 Å². The highest BCUT2D eigenvalue weighted by molar-refractivity contribution is 7.21. The lowest BCUT2D eigenvalue weighted by Gasteiger charge is -2.19. The van der Waals surface area contributed by atoms with Gasteiger partial charge in [-0.25, -0.2) is 14.8 Å². The fourth-order valence-corrected chi connectivity index (χ4v) is 3.29. The van der Waals surface area contributed by atoms with Crippen molar-refractivity contribution < 1.29 is 14.3 Å². The van der Waals surface area contributed by atoms with E-state index in [0.29, 0.717) is 16.8 Å². The summed E-state index contributed by atoms with van der Waals surface area (Å²) >= 11 is 1.31. The Bertz CT molecular complexity index is 1160. The minimum absolute atomic E-state index is 0.420. The van der Waals surface area contributed by atoms with Crippen molar-refractivity contribution in [1.29, 1.82) is 0 Å². The van der Waals surface area contributed by atoms with Gasteiger partial charge in [-0.1, -0.05) is 11.3 Å². The first-order chi connectivity index (χ1) is 12.8. The van der Waals surface area contributed by atoms with E-state index in [-0.39, 0.29) is 0 Å². The second-order valence-corrected chi connectivity index (χ2v) is 8.07. The number of nitrogens with zero attached hydrogens (tertiary/aromatic N) is 3. The standard InChI is InChI=1S/C19H18N4O3S/c1-19(2,3)26-18(24)23-9-11-4-5-13(8-12(11)10-23)25-15-7-6-14-16(22-15)27-17(20)21-14/h4-10H,1-3H3,(H2,20,21). The van der Waals surface area contributed by atoms with Gasteiger partial charge in [-0.2, -0.15) is 0 Å². The maximum absolute atomic E-state index is 12.2. The SMILES string of the molecule is CC(C)(C)OC(=O)n1cc2ccc(Oc3ccc4nc(N)sc4n3)cc2c1. The predicted molar refractivity (Wildman–Crippen MR) is 105 cm³/mol.